The summed E-state index contributed by atoms with van der Waals surface area (Å²) in [6, 6.07) is 8.32. The maximum Gasteiger partial charge on any atom is 0.119 e. The average molecular weight is 642 g/mol. The molecule has 3 heteroatoms. The molecule has 45 heavy (non-hydrogen) atoms. The largest absolute Gasteiger partial charge is 0.303 e. The van der Waals surface area contributed by atoms with E-state index < -0.39 is 0 Å². The third-order valence-corrected chi connectivity index (χ3v) is 12.8. The van der Waals surface area contributed by atoms with Gasteiger partial charge in [0.15, 0.2) is 0 Å². The predicted octanol–water partition coefficient (Wildman–Crippen LogP) is 13.4. The van der Waals surface area contributed by atoms with Gasteiger partial charge in [-0.15, -0.1) is 0 Å². The van der Waals surface area contributed by atoms with Crippen molar-refractivity contribution in [3.8, 4) is 0 Å². The van der Waals surface area contributed by atoms with Gasteiger partial charge in [-0.05, 0) is 156 Å². The molecule has 5 rings (SSSR count). The SMILES string of the molecule is C/C=C\CC.CC.CC12CCCCC1CCC1C2CCC2(C)C(CCCC=O)CCC12.CCCC.CNSc1ccccc1C. The normalized spacial score (nSPS) is 31.1. The zero-order valence-electron chi connectivity index (χ0n) is 31.6. The quantitative estimate of drug-likeness (QED) is 0.132. The Morgan fingerprint density at radius 1 is 0.889 bits per heavy atom. The van der Waals surface area contributed by atoms with Crippen molar-refractivity contribution in [3.63, 3.8) is 0 Å². The van der Waals surface area contributed by atoms with Crippen molar-refractivity contribution in [2.45, 2.75) is 170 Å². The number of benzene rings is 1. The number of carbonyl (C=O) groups is 1. The first-order valence-electron chi connectivity index (χ1n) is 19.2. The maximum atomic E-state index is 10.7. The lowest BCUT2D eigenvalue weighted by atomic mass is 9.45. The van der Waals surface area contributed by atoms with Crippen LogP contribution in [0.15, 0.2) is 41.3 Å². The van der Waals surface area contributed by atoms with Crippen molar-refractivity contribution >= 4 is 18.2 Å². The minimum Gasteiger partial charge on any atom is -0.303 e. The molecule has 7 unspecified atom stereocenters. The highest BCUT2D eigenvalue weighted by Gasteiger charge is 2.59. The standard InChI is InChI=1S/C23H38O.C8H11NS.C5H10.C4H10.C2H6/c1-22-14-5-3-7-17(22)9-11-19-20-12-10-18(8-4-6-16-24)23(20,2)15-13-21(19)22;1-7-5-3-4-6-8(7)10-9-2;1-3-5-4-2;1-3-4-2;1-2/h16-21H,3-15H2,1-2H3;3-6,9H,1-2H3;3,5H,4H2,1-2H3;3-4H2,1-2H3;1-2H3/b;;5-3-;;. The molecule has 1 N–H and O–H groups in total. The van der Waals surface area contributed by atoms with Gasteiger partial charge in [0.2, 0.25) is 0 Å². The Kier molecular flexibility index (Phi) is 21.7. The Balaban J connectivity index is 0.000000398. The number of aryl methyl sites for hydroxylation is 1. The van der Waals surface area contributed by atoms with Crippen molar-refractivity contribution < 1.29 is 4.79 Å². The molecular weight excluding hydrogens is 567 g/mol. The van der Waals surface area contributed by atoms with Crippen LogP contribution in [0.4, 0.5) is 0 Å². The summed E-state index contributed by atoms with van der Waals surface area (Å²) in [5.41, 5.74) is 2.60. The lowest BCUT2D eigenvalue weighted by Crippen LogP contribution is -2.52. The summed E-state index contributed by atoms with van der Waals surface area (Å²) in [4.78, 5) is 12.0. The molecule has 1 aromatic carbocycles. The number of rotatable bonds is 8. The fourth-order valence-corrected chi connectivity index (χ4v) is 9.94. The average Bonchev–Trinajstić information content (AvgIpc) is 3.40. The Morgan fingerprint density at radius 3 is 2.16 bits per heavy atom. The van der Waals surface area contributed by atoms with Gasteiger partial charge in [0, 0.05) is 11.3 Å². The summed E-state index contributed by atoms with van der Waals surface area (Å²) >= 11 is 1.65. The van der Waals surface area contributed by atoms with E-state index in [1.54, 1.807) is 11.9 Å². The monoisotopic (exact) mass is 642 g/mol. The number of nitrogens with one attached hydrogen (secondary N) is 1. The number of aldehydes is 1. The van der Waals surface area contributed by atoms with Crippen molar-refractivity contribution in [1.82, 2.24) is 4.72 Å². The molecule has 7 atom stereocenters. The lowest BCUT2D eigenvalue weighted by Gasteiger charge is -2.60. The summed E-state index contributed by atoms with van der Waals surface area (Å²) in [5, 5.41) is 0. The zero-order chi connectivity index (χ0) is 33.7. The summed E-state index contributed by atoms with van der Waals surface area (Å²) in [7, 11) is 1.93. The highest BCUT2D eigenvalue weighted by atomic mass is 32.2. The van der Waals surface area contributed by atoms with Crippen molar-refractivity contribution in [2.75, 3.05) is 7.05 Å². The van der Waals surface area contributed by atoms with E-state index >= 15 is 0 Å². The van der Waals surface area contributed by atoms with Gasteiger partial charge in [-0.3, -0.25) is 4.72 Å². The van der Waals surface area contributed by atoms with Gasteiger partial charge in [-0.2, -0.15) is 0 Å². The molecule has 4 fully saturated rings. The molecule has 0 bridgehead atoms. The third kappa shape index (κ3) is 12.2. The van der Waals surface area contributed by atoms with E-state index in [4.69, 9.17) is 0 Å². The molecule has 260 valence electrons. The first-order valence-corrected chi connectivity index (χ1v) is 20.0. The van der Waals surface area contributed by atoms with Gasteiger partial charge in [0.1, 0.15) is 6.29 Å². The van der Waals surface area contributed by atoms with Gasteiger partial charge in [0.05, 0.1) is 0 Å². The molecular formula is C42H75NOS. The van der Waals surface area contributed by atoms with Crippen LogP contribution in [0, 0.1) is 47.3 Å². The molecule has 4 saturated carbocycles. The minimum atomic E-state index is 0.599. The number of fused-ring (bicyclic) bond motifs is 5. The van der Waals surface area contributed by atoms with Crippen LogP contribution in [-0.2, 0) is 4.79 Å². The first kappa shape index (κ1) is 42.0. The second-order valence-electron chi connectivity index (χ2n) is 14.4. The second kappa shape index (κ2) is 23.3. The Morgan fingerprint density at radius 2 is 1.58 bits per heavy atom. The molecule has 2 nitrogen and oxygen atoms in total. The van der Waals surface area contributed by atoms with E-state index in [2.05, 4.69) is 76.6 Å². The molecule has 0 aliphatic heterocycles. The minimum absolute atomic E-state index is 0.599. The Bertz CT molecular complexity index is 927. The highest BCUT2D eigenvalue weighted by molar-refractivity contribution is 7.97. The van der Waals surface area contributed by atoms with Gasteiger partial charge in [-0.1, -0.05) is 105 Å². The fraction of sp³-hybridized carbons (Fsp3) is 0.786. The van der Waals surface area contributed by atoms with E-state index in [0.717, 1.165) is 55.1 Å². The van der Waals surface area contributed by atoms with Crippen LogP contribution >= 0.6 is 11.9 Å². The molecule has 4 aliphatic rings. The molecule has 0 heterocycles. The number of hydrogen-bond donors (Lipinski definition) is 1. The van der Waals surface area contributed by atoms with Crippen LogP contribution in [0.1, 0.15) is 164 Å². The van der Waals surface area contributed by atoms with Crippen LogP contribution in [0.25, 0.3) is 0 Å². The van der Waals surface area contributed by atoms with Crippen LogP contribution in [0.5, 0.6) is 0 Å². The number of unbranched alkanes of at least 4 members (excludes halogenated alkanes) is 2. The lowest BCUT2D eigenvalue weighted by molar-refractivity contribution is -0.112. The van der Waals surface area contributed by atoms with Gasteiger partial charge >= 0.3 is 0 Å². The van der Waals surface area contributed by atoms with Crippen LogP contribution in [0.2, 0.25) is 0 Å². The van der Waals surface area contributed by atoms with Crippen LogP contribution in [0.3, 0.4) is 0 Å². The Labute approximate surface area is 286 Å². The first-order chi connectivity index (χ1) is 21.8. The molecule has 0 amide bonds. The molecule has 0 spiro atoms. The van der Waals surface area contributed by atoms with Crippen LogP contribution < -0.4 is 4.72 Å². The predicted molar refractivity (Wildman–Crippen MR) is 203 cm³/mol. The summed E-state index contributed by atoms with van der Waals surface area (Å²) < 4.78 is 3.04. The summed E-state index contributed by atoms with van der Waals surface area (Å²) in [5.74, 6) is 5.00. The maximum absolute atomic E-state index is 10.7. The van der Waals surface area contributed by atoms with E-state index in [-0.39, 0.29) is 0 Å². The van der Waals surface area contributed by atoms with Gasteiger partial charge in [-0.25, -0.2) is 0 Å². The van der Waals surface area contributed by atoms with Gasteiger partial charge < -0.3 is 4.79 Å². The smallest absolute Gasteiger partial charge is 0.119 e. The molecule has 0 saturated heterocycles. The van der Waals surface area contributed by atoms with E-state index in [0.29, 0.717) is 10.8 Å². The van der Waals surface area contributed by atoms with Crippen molar-refractivity contribution in [2.24, 2.45) is 40.4 Å². The van der Waals surface area contributed by atoms with Crippen molar-refractivity contribution in [1.29, 1.82) is 0 Å². The number of allylic oxidation sites excluding steroid dienone is 2. The van der Waals surface area contributed by atoms with Crippen molar-refractivity contribution in [3.05, 3.63) is 42.0 Å². The second-order valence-corrected chi connectivity index (χ2v) is 15.4. The summed E-state index contributed by atoms with van der Waals surface area (Å²) in [6.45, 7) is 20.0. The molecule has 4 aliphatic carbocycles. The Hall–Kier alpha value is -1.06. The highest BCUT2D eigenvalue weighted by Crippen LogP contribution is 2.67. The van der Waals surface area contributed by atoms with Gasteiger partial charge in [0.25, 0.3) is 0 Å². The number of carbonyl (C=O) groups excluding carboxylic acids is 1. The topological polar surface area (TPSA) is 29.1 Å². The van der Waals surface area contributed by atoms with Crippen LogP contribution in [-0.4, -0.2) is 13.3 Å². The molecule has 1 aromatic rings. The third-order valence-electron chi connectivity index (χ3n) is 11.9. The van der Waals surface area contributed by atoms with E-state index in [9.17, 15) is 4.79 Å². The van der Waals surface area contributed by atoms with E-state index in [1.807, 2.05) is 33.9 Å². The summed E-state index contributed by atoms with van der Waals surface area (Å²) in [6.07, 6.45) is 27.3. The zero-order valence-corrected chi connectivity index (χ0v) is 32.4. The van der Waals surface area contributed by atoms with E-state index in [1.165, 1.54) is 93.9 Å². The fourth-order valence-electron chi connectivity index (χ4n) is 9.34. The number of hydrogen-bond acceptors (Lipinski definition) is 3. The molecule has 0 aromatic heterocycles. The molecule has 0 radical (unpaired) electrons.